The normalized spacial score (nSPS) is 10.5. The van der Waals surface area contributed by atoms with E-state index in [4.69, 9.17) is 9.68 Å². The fraction of sp³-hybridized carbons (Fsp3) is 0.0526. The number of nitriles is 1. The van der Waals surface area contributed by atoms with Crippen LogP contribution in [-0.2, 0) is 6.61 Å². The summed E-state index contributed by atoms with van der Waals surface area (Å²) in [6.45, 7) is -0.708. The van der Waals surface area contributed by atoms with Crippen LogP contribution in [0.15, 0.2) is 40.8 Å². The zero-order chi connectivity index (χ0) is 21.1. The lowest BCUT2D eigenvalue weighted by Crippen LogP contribution is -2.12. The lowest BCUT2D eigenvalue weighted by atomic mass is 10.2. The van der Waals surface area contributed by atoms with Gasteiger partial charge in [-0.3, -0.25) is 4.79 Å². The van der Waals surface area contributed by atoms with Crippen LogP contribution in [0.3, 0.4) is 0 Å². The molecule has 10 heteroatoms. The molecule has 0 radical (unpaired) electrons. The molecular formula is C19H9F5N2O3. The maximum absolute atomic E-state index is 13.6. The van der Waals surface area contributed by atoms with Crippen molar-refractivity contribution in [2.75, 3.05) is 5.32 Å². The zero-order valence-electron chi connectivity index (χ0n) is 14.2. The number of nitrogens with zero attached hydrogens (tertiary/aromatic N) is 1. The minimum Gasteiger partial charge on any atom is -0.479 e. The summed E-state index contributed by atoms with van der Waals surface area (Å²) in [7, 11) is 0. The van der Waals surface area contributed by atoms with Gasteiger partial charge < -0.3 is 14.5 Å². The van der Waals surface area contributed by atoms with Crippen LogP contribution < -0.4 is 10.1 Å². The van der Waals surface area contributed by atoms with Gasteiger partial charge in [-0.25, -0.2) is 13.2 Å². The van der Waals surface area contributed by atoms with Crippen molar-refractivity contribution in [2.45, 2.75) is 6.61 Å². The van der Waals surface area contributed by atoms with Gasteiger partial charge in [-0.15, -0.1) is 0 Å². The Morgan fingerprint density at radius 2 is 1.59 bits per heavy atom. The lowest BCUT2D eigenvalue weighted by Gasteiger charge is -2.09. The first-order valence-electron chi connectivity index (χ1n) is 7.87. The Bertz CT molecular complexity index is 1110. The van der Waals surface area contributed by atoms with Crippen molar-refractivity contribution < 1.29 is 35.9 Å². The van der Waals surface area contributed by atoms with Crippen molar-refractivity contribution >= 4 is 11.6 Å². The van der Waals surface area contributed by atoms with E-state index >= 15 is 0 Å². The molecule has 5 nitrogen and oxygen atoms in total. The van der Waals surface area contributed by atoms with Crippen molar-refractivity contribution in [3.05, 3.63) is 82.6 Å². The smallest absolute Gasteiger partial charge is 0.291 e. The first-order chi connectivity index (χ1) is 13.8. The minimum atomic E-state index is -2.30. The summed E-state index contributed by atoms with van der Waals surface area (Å²) in [5.41, 5.74) is 0.442. The van der Waals surface area contributed by atoms with E-state index in [1.807, 2.05) is 6.07 Å². The van der Waals surface area contributed by atoms with Gasteiger partial charge in [0, 0.05) is 0 Å². The maximum Gasteiger partial charge on any atom is 0.291 e. The molecule has 0 unspecified atom stereocenters. The molecule has 3 aromatic rings. The Labute approximate surface area is 159 Å². The summed E-state index contributed by atoms with van der Waals surface area (Å²) in [4.78, 5) is 12.2. The summed E-state index contributed by atoms with van der Waals surface area (Å²) in [6, 6.07) is 10.5. The molecule has 1 heterocycles. The predicted octanol–water partition coefficient (Wildman–Crippen LogP) is 4.68. The molecule has 2 aromatic carbocycles. The highest BCUT2D eigenvalue weighted by atomic mass is 19.2. The summed E-state index contributed by atoms with van der Waals surface area (Å²) >= 11 is 0. The number of anilines is 1. The number of carbonyl (C=O) groups excluding carboxylic acids is 1. The van der Waals surface area contributed by atoms with Crippen LogP contribution in [0.25, 0.3) is 0 Å². The molecule has 3 rings (SSSR count). The maximum atomic E-state index is 13.6. The van der Waals surface area contributed by atoms with E-state index in [2.05, 4.69) is 10.1 Å². The third-order valence-electron chi connectivity index (χ3n) is 3.71. The van der Waals surface area contributed by atoms with E-state index < -0.39 is 47.3 Å². The third-order valence-corrected chi connectivity index (χ3v) is 3.71. The summed E-state index contributed by atoms with van der Waals surface area (Å²) in [5, 5.41) is 11.5. The van der Waals surface area contributed by atoms with Crippen molar-refractivity contribution in [1.29, 1.82) is 5.26 Å². The number of ether oxygens (including phenoxy) is 1. The second-order valence-electron chi connectivity index (χ2n) is 5.57. The van der Waals surface area contributed by atoms with Gasteiger partial charge in [0.05, 0.1) is 11.3 Å². The molecule has 0 bridgehead atoms. The quantitative estimate of drug-likeness (QED) is 0.378. The topological polar surface area (TPSA) is 75.3 Å². The number of para-hydroxylation sites is 1. The molecule has 0 aliphatic carbocycles. The van der Waals surface area contributed by atoms with Gasteiger partial charge in [-0.1, -0.05) is 12.1 Å². The van der Waals surface area contributed by atoms with Crippen molar-refractivity contribution in [2.24, 2.45) is 0 Å². The Hall–Kier alpha value is -3.87. The van der Waals surface area contributed by atoms with Gasteiger partial charge in [-0.05, 0) is 24.3 Å². The monoisotopic (exact) mass is 408 g/mol. The van der Waals surface area contributed by atoms with Crippen LogP contribution in [0.1, 0.15) is 21.9 Å². The zero-order valence-corrected chi connectivity index (χ0v) is 14.2. The number of furan rings is 1. The molecule has 1 N–H and O–H groups in total. The third kappa shape index (κ3) is 3.89. The Kier molecular flexibility index (Phi) is 5.50. The van der Waals surface area contributed by atoms with E-state index in [1.165, 1.54) is 24.3 Å². The number of rotatable bonds is 5. The lowest BCUT2D eigenvalue weighted by molar-refractivity contribution is 0.0992. The summed E-state index contributed by atoms with van der Waals surface area (Å²) in [5.74, 6) is -13.4. The van der Waals surface area contributed by atoms with Crippen LogP contribution in [0.4, 0.5) is 27.6 Å². The van der Waals surface area contributed by atoms with Gasteiger partial charge in [-0.2, -0.15) is 14.0 Å². The highest BCUT2D eigenvalue weighted by molar-refractivity contribution is 6.03. The first kappa shape index (κ1) is 19.9. The van der Waals surface area contributed by atoms with Crippen LogP contribution >= 0.6 is 0 Å². The highest BCUT2D eigenvalue weighted by Crippen LogP contribution is 2.30. The van der Waals surface area contributed by atoms with Crippen molar-refractivity contribution in [3.8, 4) is 11.8 Å². The number of halogens is 5. The number of nitrogens with one attached hydrogen (secondary N) is 1. The largest absolute Gasteiger partial charge is 0.479 e. The fourth-order valence-electron chi connectivity index (χ4n) is 2.31. The van der Waals surface area contributed by atoms with Gasteiger partial charge in [0.25, 0.3) is 5.91 Å². The Balaban J connectivity index is 1.73. The molecule has 0 aliphatic heterocycles. The molecule has 0 spiro atoms. The van der Waals surface area contributed by atoms with E-state index in [0.29, 0.717) is 0 Å². The molecule has 1 aromatic heterocycles. The molecule has 0 saturated carbocycles. The Morgan fingerprint density at radius 3 is 2.24 bits per heavy atom. The van der Waals surface area contributed by atoms with Crippen LogP contribution in [0.5, 0.6) is 5.75 Å². The summed E-state index contributed by atoms with van der Waals surface area (Å²) < 4.78 is 76.3. The molecular weight excluding hydrogens is 399 g/mol. The van der Waals surface area contributed by atoms with E-state index in [0.717, 1.165) is 0 Å². The van der Waals surface area contributed by atoms with E-state index in [1.54, 1.807) is 12.1 Å². The molecule has 0 saturated heterocycles. The highest BCUT2D eigenvalue weighted by Gasteiger charge is 2.27. The van der Waals surface area contributed by atoms with Gasteiger partial charge in [0.2, 0.25) is 29.1 Å². The predicted molar refractivity (Wildman–Crippen MR) is 88.4 cm³/mol. The van der Waals surface area contributed by atoms with Gasteiger partial charge >= 0.3 is 0 Å². The number of benzene rings is 2. The van der Waals surface area contributed by atoms with Gasteiger partial charge in [0.15, 0.2) is 11.5 Å². The minimum absolute atomic E-state index is 0.118. The number of carbonyl (C=O) groups is 1. The first-order valence-corrected chi connectivity index (χ1v) is 7.87. The van der Waals surface area contributed by atoms with Crippen LogP contribution in [-0.4, -0.2) is 5.91 Å². The standard InChI is InChI=1S/C19H9F5N2O3/c20-13-14(21)16(23)18(17(24)15(13)22)28-8-10-5-6-12(29-10)19(27)26-11-4-2-1-3-9(11)7-25/h1-6H,8H2,(H,26,27). The molecule has 148 valence electrons. The second kappa shape index (κ2) is 8.02. The molecule has 0 atom stereocenters. The van der Waals surface area contributed by atoms with Crippen LogP contribution in [0, 0.1) is 40.4 Å². The molecule has 0 aliphatic rings. The van der Waals surface area contributed by atoms with Crippen molar-refractivity contribution in [3.63, 3.8) is 0 Å². The SMILES string of the molecule is N#Cc1ccccc1NC(=O)c1ccc(COc2c(F)c(F)c(F)c(F)c2F)o1. The molecule has 1 amide bonds. The molecule has 29 heavy (non-hydrogen) atoms. The van der Waals surface area contributed by atoms with Gasteiger partial charge in [0.1, 0.15) is 18.4 Å². The fourth-order valence-corrected chi connectivity index (χ4v) is 2.31. The number of amides is 1. The van der Waals surface area contributed by atoms with E-state index in [-0.39, 0.29) is 22.8 Å². The molecule has 0 fully saturated rings. The van der Waals surface area contributed by atoms with E-state index in [9.17, 15) is 26.7 Å². The number of hydrogen-bond donors (Lipinski definition) is 1. The average Bonchev–Trinajstić information content (AvgIpc) is 3.20. The van der Waals surface area contributed by atoms with Crippen LogP contribution in [0.2, 0.25) is 0 Å². The van der Waals surface area contributed by atoms with Crippen molar-refractivity contribution in [1.82, 2.24) is 0 Å². The second-order valence-corrected chi connectivity index (χ2v) is 5.57. The average molecular weight is 408 g/mol. The Morgan fingerprint density at radius 1 is 0.966 bits per heavy atom. The summed E-state index contributed by atoms with van der Waals surface area (Å²) in [6.07, 6.45) is 0. The number of hydrogen-bond acceptors (Lipinski definition) is 4.